The Labute approximate surface area is 92.8 Å². The van der Waals surface area contributed by atoms with Gasteiger partial charge in [0.25, 0.3) is 0 Å². The molecule has 15 heavy (non-hydrogen) atoms. The number of hydrogen-bond donors (Lipinski definition) is 1. The molecule has 2 heterocycles. The van der Waals surface area contributed by atoms with Gasteiger partial charge in [0, 0.05) is 11.9 Å². The van der Waals surface area contributed by atoms with Gasteiger partial charge in [0.1, 0.15) is 5.03 Å². The first-order chi connectivity index (χ1) is 7.25. The second kappa shape index (κ2) is 4.86. The second-order valence-electron chi connectivity index (χ2n) is 4.04. The lowest BCUT2D eigenvalue weighted by molar-refractivity contribution is 0.631. The lowest BCUT2D eigenvalue weighted by Crippen LogP contribution is -2.15. The predicted octanol–water partition coefficient (Wildman–Crippen LogP) is 1.11. The van der Waals surface area contributed by atoms with E-state index in [2.05, 4.69) is 10.3 Å². The van der Waals surface area contributed by atoms with Crippen LogP contribution in [-0.4, -0.2) is 28.0 Å². The largest absolute Gasteiger partial charge is 0.316 e. The molecule has 2 unspecified atom stereocenters. The summed E-state index contributed by atoms with van der Waals surface area (Å²) in [6.07, 6.45) is 2.91. The maximum absolute atomic E-state index is 11.9. The number of nitrogens with one attached hydrogen (secondary N) is 1. The monoisotopic (exact) mass is 224 g/mol. The summed E-state index contributed by atoms with van der Waals surface area (Å²) in [5.41, 5.74) is 1.11. The average Bonchev–Trinajstić information content (AvgIpc) is 2.71. The van der Waals surface area contributed by atoms with E-state index in [0.29, 0.717) is 10.9 Å². The Morgan fingerprint density at radius 2 is 2.47 bits per heavy atom. The van der Waals surface area contributed by atoms with Gasteiger partial charge >= 0.3 is 0 Å². The molecule has 1 saturated heterocycles. The summed E-state index contributed by atoms with van der Waals surface area (Å²) in [7, 11) is -0.933. The van der Waals surface area contributed by atoms with Gasteiger partial charge in [0.15, 0.2) is 0 Å². The van der Waals surface area contributed by atoms with Crippen LogP contribution in [0.25, 0.3) is 0 Å². The lowest BCUT2D eigenvalue weighted by Gasteiger charge is -2.07. The predicted molar refractivity (Wildman–Crippen MR) is 61.2 cm³/mol. The van der Waals surface area contributed by atoms with E-state index < -0.39 is 10.8 Å². The highest BCUT2D eigenvalue weighted by Gasteiger charge is 2.18. The summed E-state index contributed by atoms with van der Waals surface area (Å²) in [4.78, 5) is 4.20. The highest BCUT2D eigenvalue weighted by Crippen LogP contribution is 2.13. The molecule has 0 spiro atoms. The van der Waals surface area contributed by atoms with Crippen LogP contribution < -0.4 is 5.32 Å². The molecule has 0 saturated carbocycles. The third kappa shape index (κ3) is 2.86. The molecule has 1 fully saturated rings. The number of pyridine rings is 1. The van der Waals surface area contributed by atoms with Crippen LogP contribution >= 0.6 is 0 Å². The molecule has 1 aromatic heterocycles. The van der Waals surface area contributed by atoms with Crippen LogP contribution in [0.4, 0.5) is 0 Å². The van der Waals surface area contributed by atoms with E-state index in [4.69, 9.17) is 0 Å². The van der Waals surface area contributed by atoms with Crippen LogP contribution in [0, 0.1) is 12.8 Å². The Hall–Kier alpha value is -0.740. The first-order valence-corrected chi connectivity index (χ1v) is 6.59. The summed E-state index contributed by atoms with van der Waals surface area (Å²) in [5, 5.41) is 4.00. The molecule has 1 aliphatic rings. The Balaban J connectivity index is 1.98. The molecule has 0 radical (unpaired) electrons. The Morgan fingerprint density at radius 3 is 3.07 bits per heavy atom. The van der Waals surface area contributed by atoms with Gasteiger partial charge in [-0.05, 0) is 44.0 Å². The van der Waals surface area contributed by atoms with Gasteiger partial charge < -0.3 is 5.32 Å². The summed E-state index contributed by atoms with van der Waals surface area (Å²) < 4.78 is 11.9. The van der Waals surface area contributed by atoms with Gasteiger partial charge in [0.2, 0.25) is 0 Å². The molecule has 82 valence electrons. The summed E-state index contributed by atoms with van der Waals surface area (Å²) >= 11 is 0. The second-order valence-corrected chi connectivity index (χ2v) is 5.49. The highest BCUT2D eigenvalue weighted by molar-refractivity contribution is 7.84. The van der Waals surface area contributed by atoms with Gasteiger partial charge in [-0.25, -0.2) is 4.98 Å². The van der Waals surface area contributed by atoms with Crippen molar-refractivity contribution in [2.75, 3.05) is 18.8 Å². The molecule has 3 nitrogen and oxygen atoms in total. The number of aryl methyl sites for hydroxylation is 1. The zero-order chi connectivity index (χ0) is 10.7. The first kappa shape index (κ1) is 10.8. The SMILES string of the molecule is Cc1ccc(S(=O)CC2CCNC2)nc1. The minimum atomic E-state index is -0.933. The van der Waals surface area contributed by atoms with Crippen molar-refractivity contribution >= 4 is 10.8 Å². The fourth-order valence-corrected chi connectivity index (χ4v) is 3.02. The first-order valence-electron chi connectivity index (χ1n) is 5.27. The van der Waals surface area contributed by atoms with Crippen molar-refractivity contribution in [1.82, 2.24) is 10.3 Å². The van der Waals surface area contributed by atoms with Crippen LogP contribution in [0.5, 0.6) is 0 Å². The highest BCUT2D eigenvalue weighted by atomic mass is 32.2. The molecule has 2 atom stereocenters. The zero-order valence-corrected chi connectivity index (χ0v) is 9.72. The number of rotatable bonds is 3. The quantitative estimate of drug-likeness (QED) is 0.836. The minimum Gasteiger partial charge on any atom is -0.316 e. The molecular formula is C11H16N2OS. The van der Waals surface area contributed by atoms with Crippen molar-refractivity contribution in [3.63, 3.8) is 0 Å². The summed E-state index contributed by atoms with van der Waals surface area (Å²) in [6, 6.07) is 3.83. The van der Waals surface area contributed by atoms with Crippen LogP contribution in [0.1, 0.15) is 12.0 Å². The van der Waals surface area contributed by atoms with E-state index in [1.165, 1.54) is 0 Å². The van der Waals surface area contributed by atoms with Gasteiger partial charge in [-0.15, -0.1) is 0 Å². The van der Waals surface area contributed by atoms with Crippen LogP contribution in [0.2, 0.25) is 0 Å². The van der Waals surface area contributed by atoms with E-state index in [9.17, 15) is 4.21 Å². The molecule has 1 aromatic rings. The van der Waals surface area contributed by atoms with Gasteiger partial charge in [0.05, 0.1) is 10.8 Å². The molecular weight excluding hydrogens is 208 g/mol. The summed E-state index contributed by atoms with van der Waals surface area (Å²) in [6.45, 7) is 4.04. The molecule has 1 aliphatic heterocycles. The smallest absolute Gasteiger partial charge is 0.127 e. The molecule has 4 heteroatoms. The van der Waals surface area contributed by atoms with Crippen molar-refractivity contribution in [3.05, 3.63) is 23.9 Å². The fourth-order valence-electron chi connectivity index (χ4n) is 1.75. The van der Waals surface area contributed by atoms with Crippen molar-refractivity contribution in [2.24, 2.45) is 5.92 Å². The van der Waals surface area contributed by atoms with Crippen molar-refractivity contribution in [1.29, 1.82) is 0 Å². The van der Waals surface area contributed by atoms with Crippen LogP contribution in [0.15, 0.2) is 23.4 Å². The van der Waals surface area contributed by atoms with Gasteiger partial charge in [-0.3, -0.25) is 4.21 Å². The Kier molecular flexibility index (Phi) is 3.49. The molecule has 2 rings (SSSR count). The van der Waals surface area contributed by atoms with E-state index in [1.807, 2.05) is 19.1 Å². The van der Waals surface area contributed by atoms with E-state index in [-0.39, 0.29) is 0 Å². The molecule has 0 aromatic carbocycles. The average molecular weight is 224 g/mol. The zero-order valence-electron chi connectivity index (χ0n) is 8.90. The number of hydrogen-bond acceptors (Lipinski definition) is 3. The number of nitrogens with zero attached hydrogens (tertiary/aromatic N) is 1. The standard InChI is InChI=1S/C11H16N2OS/c1-9-2-3-11(13-6-9)15(14)8-10-4-5-12-7-10/h2-3,6,10,12H,4-5,7-8H2,1H3. The van der Waals surface area contributed by atoms with E-state index in [0.717, 1.165) is 30.8 Å². The molecule has 1 N–H and O–H groups in total. The van der Waals surface area contributed by atoms with E-state index in [1.54, 1.807) is 6.20 Å². The Morgan fingerprint density at radius 1 is 1.60 bits per heavy atom. The third-order valence-electron chi connectivity index (χ3n) is 2.67. The topological polar surface area (TPSA) is 42.0 Å². The summed E-state index contributed by atoms with van der Waals surface area (Å²) in [5.74, 6) is 1.29. The van der Waals surface area contributed by atoms with Gasteiger partial charge in [-0.1, -0.05) is 6.07 Å². The van der Waals surface area contributed by atoms with Crippen molar-refractivity contribution in [3.8, 4) is 0 Å². The minimum absolute atomic E-state index is 0.550. The van der Waals surface area contributed by atoms with Crippen LogP contribution in [-0.2, 0) is 10.8 Å². The van der Waals surface area contributed by atoms with Crippen molar-refractivity contribution in [2.45, 2.75) is 18.4 Å². The third-order valence-corrected chi connectivity index (χ3v) is 4.15. The lowest BCUT2D eigenvalue weighted by atomic mass is 10.2. The van der Waals surface area contributed by atoms with Gasteiger partial charge in [-0.2, -0.15) is 0 Å². The molecule has 0 bridgehead atoms. The normalized spacial score (nSPS) is 22.9. The maximum Gasteiger partial charge on any atom is 0.127 e. The Bertz CT molecular complexity index is 344. The maximum atomic E-state index is 11.9. The van der Waals surface area contributed by atoms with Crippen LogP contribution in [0.3, 0.4) is 0 Å². The molecule has 0 aliphatic carbocycles. The number of aromatic nitrogens is 1. The van der Waals surface area contributed by atoms with Crippen molar-refractivity contribution < 1.29 is 4.21 Å². The molecule has 0 amide bonds. The van der Waals surface area contributed by atoms with E-state index >= 15 is 0 Å². The fraction of sp³-hybridized carbons (Fsp3) is 0.545.